The van der Waals surface area contributed by atoms with Crippen LogP contribution in [0.4, 0.5) is 0 Å². The van der Waals surface area contributed by atoms with Gasteiger partial charge in [-0.1, -0.05) is 56.1 Å². The first-order valence-corrected chi connectivity index (χ1v) is 8.04. The summed E-state index contributed by atoms with van der Waals surface area (Å²) in [6.45, 7) is 12.9. The average Bonchev–Trinajstić information content (AvgIpc) is 2.38. The monoisotopic (exact) mass is 262 g/mol. The number of rotatable bonds is 11. The molecule has 0 heterocycles. The van der Waals surface area contributed by atoms with Crippen LogP contribution in [-0.2, 0) is 0 Å². The van der Waals surface area contributed by atoms with E-state index in [9.17, 15) is 0 Å². The summed E-state index contributed by atoms with van der Waals surface area (Å²) in [4.78, 5) is 0. The molecule has 0 N–H and O–H groups in total. The van der Waals surface area contributed by atoms with Crippen LogP contribution in [0.5, 0.6) is 0 Å². The fourth-order valence-corrected chi connectivity index (χ4v) is 2.11. The second kappa shape index (κ2) is 12.3. The first kappa shape index (κ1) is 18.2. The fourth-order valence-electron chi connectivity index (χ4n) is 2.11. The average molecular weight is 262 g/mol. The maximum Gasteiger partial charge on any atom is -0.0262 e. The predicted molar refractivity (Wildman–Crippen MR) is 89.5 cm³/mol. The van der Waals surface area contributed by atoms with Gasteiger partial charge in [0.05, 0.1) is 0 Å². The molecule has 0 aromatic rings. The predicted octanol–water partition coefficient (Wildman–Crippen LogP) is 6.84. The zero-order valence-electron chi connectivity index (χ0n) is 13.7. The van der Waals surface area contributed by atoms with Crippen molar-refractivity contribution in [1.82, 2.24) is 0 Å². The molecule has 0 bridgehead atoms. The lowest BCUT2D eigenvalue weighted by Gasteiger charge is -2.04. The second-order valence-electron chi connectivity index (χ2n) is 5.89. The normalized spacial score (nSPS) is 14.5. The first-order chi connectivity index (χ1) is 9.10. The molecule has 0 aliphatic heterocycles. The van der Waals surface area contributed by atoms with E-state index in [2.05, 4.69) is 46.4 Å². The summed E-state index contributed by atoms with van der Waals surface area (Å²) in [6.07, 6.45) is 17.0. The third kappa shape index (κ3) is 12.0. The lowest BCUT2D eigenvalue weighted by Crippen LogP contribution is -1.87. The molecule has 0 fully saturated rings. The molecule has 0 spiro atoms. The van der Waals surface area contributed by atoms with Gasteiger partial charge >= 0.3 is 0 Å². The number of hydrogen-bond donors (Lipinski definition) is 0. The summed E-state index contributed by atoms with van der Waals surface area (Å²) in [5, 5.41) is 0. The van der Waals surface area contributed by atoms with E-state index in [0.717, 1.165) is 0 Å². The zero-order valence-corrected chi connectivity index (χ0v) is 13.7. The van der Waals surface area contributed by atoms with E-state index in [1.165, 1.54) is 56.9 Å². The molecule has 0 aliphatic carbocycles. The Hall–Kier alpha value is -0.780. The quantitative estimate of drug-likeness (QED) is 0.282. The van der Waals surface area contributed by atoms with Crippen LogP contribution in [-0.4, -0.2) is 0 Å². The van der Waals surface area contributed by atoms with Gasteiger partial charge in [-0.3, -0.25) is 0 Å². The van der Waals surface area contributed by atoms with Gasteiger partial charge < -0.3 is 0 Å². The molecular formula is C19H34. The van der Waals surface area contributed by atoms with Crippen LogP contribution >= 0.6 is 0 Å². The van der Waals surface area contributed by atoms with Crippen LogP contribution in [0.25, 0.3) is 0 Å². The van der Waals surface area contributed by atoms with Gasteiger partial charge in [0.25, 0.3) is 0 Å². The minimum absolute atomic E-state index is 0.643. The van der Waals surface area contributed by atoms with E-state index in [0.29, 0.717) is 5.92 Å². The van der Waals surface area contributed by atoms with Gasteiger partial charge in [-0.25, -0.2) is 0 Å². The standard InChI is InChI=1S/C19H34/c1-6-8-9-12-18(4)15-11-16-19(5)14-10-13-17(3)7-2/h7,14-15,17H,2,6,8-13,16H2,1,3-5H3. The topological polar surface area (TPSA) is 0 Å². The van der Waals surface area contributed by atoms with Gasteiger partial charge in [-0.2, -0.15) is 0 Å². The van der Waals surface area contributed by atoms with Crippen LogP contribution in [0.2, 0.25) is 0 Å². The summed E-state index contributed by atoms with van der Waals surface area (Å²) in [5.41, 5.74) is 3.11. The van der Waals surface area contributed by atoms with E-state index < -0.39 is 0 Å². The van der Waals surface area contributed by atoms with Crippen LogP contribution in [0, 0.1) is 5.92 Å². The van der Waals surface area contributed by atoms with Crippen molar-refractivity contribution in [2.24, 2.45) is 5.92 Å². The van der Waals surface area contributed by atoms with Crippen molar-refractivity contribution in [3.8, 4) is 0 Å². The molecule has 0 rings (SSSR count). The van der Waals surface area contributed by atoms with Crippen molar-refractivity contribution >= 4 is 0 Å². The Kier molecular flexibility index (Phi) is 11.8. The van der Waals surface area contributed by atoms with E-state index in [4.69, 9.17) is 0 Å². The first-order valence-electron chi connectivity index (χ1n) is 8.04. The third-order valence-corrected chi connectivity index (χ3v) is 3.72. The number of unbranched alkanes of at least 4 members (excludes halogenated alkanes) is 2. The fraction of sp³-hybridized carbons (Fsp3) is 0.684. The Bertz CT molecular complexity index is 280. The Labute approximate surface area is 121 Å². The Morgan fingerprint density at radius 2 is 1.63 bits per heavy atom. The van der Waals surface area contributed by atoms with E-state index in [1.54, 1.807) is 5.57 Å². The molecule has 19 heavy (non-hydrogen) atoms. The zero-order chi connectivity index (χ0) is 14.5. The summed E-state index contributed by atoms with van der Waals surface area (Å²) < 4.78 is 0. The van der Waals surface area contributed by atoms with E-state index in [-0.39, 0.29) is 0 Å². The Morgan fingerprint density at radius 1 is 1.00 bits per heavy atom. The van der Waals surface area contributed by atoms with Gasteiger partial charge in [0, 0.05) is 0 Å². The van der Waals surface area contributed by atoms with E-state index in [1.807, 2.05) is 6.08 Å². The molecule has 0 nitrogen and oxygen atoms in total. The number of allylic oxidation sites excluding steroid dienone is 5. The van der Waals surface area contributed by atoms with Crippen molar-refractivity contribution in [2.45, 2.75) is 79.1 Å². The lowest BCUT2D eigenvalue weighted by molar-refractivity contribution is 0.656. The molecule has 0 aromatic carbocycles. The minimum atomic E-state index is 0.643. The van der Waals surface area contributed by atoms with Gasteiger partial charge in [-0.05, 0) is 58.3 Å². The molecule has 1 atom stereocenters. The highest BCUT2D eigenvalue weighted by atomic mass is 14.0. The Balaban J connectivity index is 3.76. The largest absolute Gasteiger partial charge is 0.103 e. The molecule has 0 heteroatoms. The van der Waals surface area contributed by atoms with Crippen LogP contribution in [0.1, 0.15) is 79.1 Å². The maximum absolute atomic E-state index is 3.83. The second-order valence-corrected chi connectivity index (χ2v) is 5.89. The Morgan fingerprint density at radius 3 is 2.26 bits per heavy atom. The van der Waals surface area contributed by atoms with Crippen molar-refractivity contribution < 1.29 is 0 Å². The van der Waals surface area contributed by atoms with Crippen LogP contribution in [0.3, 0.4) is 0 Å². The number of hydrogen-bond acceptors (Lipinski definition) is 0. The summed E-state index contributed by atoms with van der Waals surface area (Å²) in [7, 11) is 0. The van der Waals surface area contributed by atoms with Crippen molar-refractivity contribution in [2.75, 3.05) is 0 Å². The third-order valence-electron chi connectivity index (χ3n) is 3.72. The SMILES string of the molecule is C=CC(C)CCC=C(C)CCC=C(C)CCCCC. The van der Waals surface area contributed by atoms with Gasteiger partial charge in [0.2, 0.25) is 0 Å². The molecule has 0 saturated heterocycles. The molecular weight excluding hydrogens is 228 g/mol. The summed E-state index contributed by atoms with van der Waals surface area (Å²) in [6, 6.07) is 0. The molecule has 1 unspecified atom stereocenters. The molecule has 110 valence electrons. The van der Waals surface area contributed by atoms with Crippen molar-refractivity contribution in [3.63, 3.8) is 0 Å². The van der Waals surface area contributed by atoms with Crippen LogP contribution < -0.4 is 0 Å². The van der Waals surface area contributed by atoms with Crippen LogP contribution in [0.15, 0.2) is 36.0 Å². The summed E-state index contributed by atoms with van der Waals surface area (Å²) in [5.74, 6) is 0.643. The van der Waals surface area contributed by atoms with Gasteiger partial charge in [0.15, 0.2) is 0 Å². The highest BCUT2D eigenvalue weighted by Crippen LogP contribution is 2.14. The minimum Gasteiger partial charge on any atom is -0.103 e. The van der Waals surface area contributed by atoms with Gasteiger partial charge in [-0.15, -0.1) is 6.58 Å². The molecule has 0 radical (unpaired) electrons. The summed E-state index contributed by atoms with van der Waals surface area (Å²) >= 11 is 0. The van der Waals surface area contributed by atoms with Crippen molar-refractivity contribution in [1.29, 1.82) is 0 Å². The smallest absolute Gasteiger partial charge is 0.0262 e. The molecule has 0 amide bonds. The molecule has 0 aliphatic rings. The molecule has 0 saturated carbocycles. The van der Waals surface area contributed by atoms with E-state index >= 15 is 0 Å². The highest BCUT2D eigenvalue weighted by Gasteiger charge is 1.95. The van der Waals surface area contributed by atoms with Gasteiger partial charge in [0.1, 0.15) is 0 Å². The highest BCUT2D eigenvalue weighted by molar-refractivity contribution is 5.03. The maximum atomic E-state index is 3.83. The van der Waals surface area contributed by atoms with Crippen molar-refractivity contribution in [3.05, 3.63) is 36.0 Å². The molecule has 0 aromatic heterocycles. The lowest BCUT2D eigenvalue weighted by atomic mass is 10.0.